The topological polar surface area (TPSA) is 75.7 Å². The van der Waals surface area contributed by atoms with Gasteiger partial charge in [-0.1, -0.05) is 30.3 Å². The summed E-state index contributed by atoms with van der Waals surface area (Å²) in [6, 6.07) is 10.2. The highest BCUT2D eigenvalue weighted by Crippen LogP contribution is 2.39. The van der Waals surface area contributed by atoms with Gasteiger partial charge < -0.3 is 9.64 Å². The Morgan fingerprint density at radius 2 is 1.84 bits per heavy atom. The highest BCUT2D eigenvalue weighted by Gasteiger charge is 2.48. The summed E-state index contributed by atoms with van der Waals surface area (Å²) in [4.78, 5) is 14.2. The Morgan fingerprint density at radius 1 is 1.16 bits per heavy atom. The number of ether oxygens (including phenoxy) is 1. The van der Waals surface area contributed by atoms with Gasteiger partial charge in [-0.2, -0.15) is 0 Å². The first-order valence-electron chi connectivity index (χ1n) is 11.9. The van der Waals surface area contributed by atoms with E-state index in [1.54, 1.807) is 0 Å². The molecule has 1 aliphatic heterocycles. The Labute approximate surface area is 190 Å². The first-order chi connectivity index (χ1) is 15.2. The van der Waals surface area contributed by atoms with E-state index < -0.39 is 33.7 Å². The van der Waals surface area contributed by atoms with E-state index in [1.165, 1.54) is 10.5 Å². The van der Waals surface area contributed by atoms with Crippen LogP contribution in [0.15, 0.2) is 30.3 Å². The number of amides is 1. The summed E-state index contributed by atoms with van der Waals surface area (Å²) in [5.41, 5.74) is -0.348. The normalized spacial score (nSPS) is 30.5. The predicted octanol–water partition coefficient (Wildman–Crippen LogP) is 3.39. The number of sulfonamides is 1. The summed E-state index contributed by atoms with van der Waals surface area (Å²) >= 11 is 0. The van der Waals surface area contributed by atoms with Gasteiger partial charge in [-0.3, -0.25) is 4.79 Å². The van der Waals surface area contributed by atoms with Crippen molar-refractivity contribution in [1.29, 1.82) is 0 Å². The molecule has 1 aromatic carbocycles. The van der Waals surface area contributed by atoms with Gasteiger partial charge in [0.25, 0.3) is 5.91 Å². The Bertz CT molecular complexity index is 883. The first-order valence-corrected chi connectivity index (χ1v) is 13.7. The SMILES string of the molecule is CS(=O)(=O)N[C@H]1CCN(C(=O)C2(F)CCC2)C[C@H]1OCC1CCC(c2ccccc2)CC1. The second-order valence-corrected chi connectivity index (χ2v) is 11.6. The average molecular weight is 467 g/mol. The molecule has 32 heavy (non-hydrogen) atoms. The highest BCUT2D eigenvalue weighted by molar-refractivity contribution is 7.88. The number of likely N-dealkylation sites (tertiary alicyclic amines) is 1. The molecule has 3 fully saturated rings. The average Bonchev–Trinajstić information content (AvgIpc) is 2.76. The lowest BCUT2D eigenvalue weighted by Gasteiger charge is -2.43. The van der Waals surface area contributed by atoms with E-state index in [9.17, 15) is 17.6 Å². The van der Waals surface area contributed by atoms with E-state index in [1.807, 2.05) is 6.07 Å². The third kappa shape index (κ3) is 5.69. The molecule has 178 valence electrons. The predicted molar refractivity (Wildman–Crippen MR) is 122 cm³/mol. The molecule has 6 nitrogen and oxygen atoms in total. The van der Waals surface area contributed by atoms with Gasteiger partial charge in [0.1, 0.15) is 0 Å². The summed E-state index contributed by atoms with van der Waals surface area (Å²) < 4.78 is 47.3. The zero-order valence-electron chi connectivity index (χ0n) is 18.8. The molecule has 1 aromatic rings. The third-order valence-electron chi connectivity index (χ3n) is 7.40. The molecule has 1 N–H and O–H groups in total. The lowest BCUT2D eigenvalue weighted by molar-refractivity contribution is -0.155. The molecular formula is C24H35FN2O4S. The molecular weight excluding hydrogens is 431 g/mol. The van der Waals surface area contributed by atoms with Crippen molar-refractivity contribution in [3.63, 3.8) is 0 Å². The van der Waals surface area contributed by atoms with E-state index >= 15 is 0 Å². The van der Waals surface area contributed by atoms with Crippen molar-refractivity contribution in [2.75, 3.05) is 26.0 Å². The molecule has 2 aliphatic carbocycles. The number of halogens is 1. The maximum absolute atomic E-state index is 14.7. The van der Waals surface area contributed by atoms with Gasteiger partial charge in [0.15, 0.2) is 5.67 Å². The Hall–Kier alpha value is -1.51. The van der Waals surface area contributed by atoms with E-state index in [0.717, 1.165) is 38.4 Å². The molecule has 0 unspecified atom stereocenters. The summed E-state index contributed by atoms with van der Waals surface area (Å²) in [7, 11) is -3.40. The second-order valence-electron chi connectivity index (χ2n) is 9.86. The molecule has 2 saturated carbocycles. The standard InChI is InChI=1S/C24H35FN2O4S/c1-32(29,30)26-21-12-15-27(23(28)24(25)13-5-14-24)16-22(21)31-17-18-8-10-20(11-9-18)19-6-3-2-4-7-19/h2-4,6-7,18,20-22,26H,5,8-17H2,1H3/t18?,20?,21-,22+/m0/s1. The monoisotopic (exact) mass is 466 g/mol. The van der Waals surface area contributed by atoms with Gasteiger partial charge in [0, 0.05) is 19.7 Å². The molecule has 0 bridgehead atoms. The smallest absolute Gasteiger partial charge is 0.260 e. The van der Waals surface area contributed by atoms with Crippen LogP contribution in [0.5, 0.6) is 0 Å². The summed E-state index contributed by atoms with van der Waals surface area (Å²) in [5, 5.41) is 0. The van der Waals surface area contributed by atoms with Crippen molar-refractivity contribution in [3.8, 4) is 0 Å². The Balaban J connectivity index is 1.33. The molecule has 8 heteroatoms. The largest absolute Gasteiger partial charge is 0.374 e. The number of carbonyl (C=O) groups excluding carboxylic acids is 1. The molecule has 0 spiro atoms. The van der Waals surface area contributed by atoms with Gasteiger partial charge >= 0.3 is 0 Å². The Morgan fingerprint density at radius 3 is 2.44 bits per heavy atom. The van der Waals surface area contributed by atoms with Crippen LogP contribution in [0.4, 0.5) is 4.39 Å². The molecule has 1 amide bonds. The van der Waals surface area contributed by atoms with Crippen molar-refractivity contribution in [3.05, 3.63) is 35.9 Å². The van der Waals surface area contributed by atoms with Crippen molar-refractivity contribution in [2.24, 2.45) is 5.92 Å². The minimum absolute atomic E-state index is 0.233. The van der Waals surface area contributed by atoms with Gasteiger partial charge in [0.2, 0.25) is 10.0 Å². The summed E-state index contributed by atoms with van der Waals surface area (Å²) in [6.45, 7) is 1.12. The lowest BCUT2D eigenvalue weighted by atomic mass is 9.79. The quantitative estimate of drug-likeness (QED) is 0.668. The van der Waals surface area contributed by atoms with E-state index in [4.69, 9.17) is 4.74 Å². The highest BCUT2D eigenvalue weighted by atomic mass is 32.2. The van der Waals surface area contributed by atoms with Crippen LogP contribution in [0.1, 0.15) is 62.8 Å². The second kappa shape index (κ2) is 9.77. The van der Waals surface area contributed by atoms with Crippen molar-refractivity contribution >= 4 is 15.9 Å². The van der Waals surface area contributed by atoms with Crippen molar-refractivity contribution in [1.82, 2.24) is 9.62 Å². The number of alkyl halides is 1. The Kier molecular flexibility index (Phi) is 7.22. The number of hydrogen-bond donors (Lipinski definition) is 1. The third-order valence-corrected chi connectivity index (χ3v) is 8.14. The summed E-state index contributed by atoms with van der Waals surface area (Å²) in [6.07, 6.45) is 6.76. The van der Waals surface area contributed by atoms with Crippen LogP contribution in [-0.2, 0) is 19.6 Å². The number of rotatable bonds is 7. The van der Waals surface area contributed by atoms with E-state index in [2.05, 4.69) is 29.0 Å². The zero-order chi connectivity index (χ0) is 22.8. The van der Waals surface area contributed by atoms with Crippen molar-refractivity contribution < 1.29 is 22.3 Å². The molecule has 3 aliphatic rings. The van der Waals surface area contributed by atoms with E-state index in [-0.39, 0.29) is 19.4 Å². The molecule has 1 saturated heterocycles. The molecule has 0 aromatic heterocycles. The van der Waals surface area contributed by atoms with Gasteiger partial charge in [-0.05, 0) is 68.8 Å². The maximum atomic E-state index is 14.7. The number of benzene rings is 1. The number of nitrogens with one attached hydrogen (secondary N) is 1. The maximum Gasteiger partial charge on any atom is 0.260 e. The fourth-order valence-electron chi connectivity index (χ4n) is 5.31. The first kappa shape index (κ1) is 23.6. The van der Waals surface area contributed by atoms with Crippen LogP contribution in [0.3, 0.4) is 0 Å². The fraction of sp³-hybridized carbons (Fsp3) is 0.708. The number of piperidine rings is 1. The minimum atomic E-state index is -3.40. The summed E-state index contributed by atoms with van der Waals surface area (Å²) in [5.74, 6) is 0.538. The fourth-order valence-corrected chi connectivity index (χ4v) is 6.13. The zero-order valence-corrected chi connectivity index (χ0v) is 19.7. The van der Waals surface area contributed by atoms with Crippen LogP contribution in [0.2, 0.25) is 0 Å². The van der Waals surface area contributed by atoms with Crippen LogP contribution >= 0.6 is 0 Å². The van der Waals surface area contributed by atoms with E-state index in [0.29, 0.717) is 31.4 Å². The number of hydrogen-bond acceptors (Lipinski definition) is 4. The van der Waals surface area contributed by atoms with Crippen molar-refractivity contribution in [2.45, 2.75) is 75.1 Å². The number of nitrogens with zero attached hydrogens (tertiary/aromatic N) is 1. The van der Waals surface area contributed by atoms with Gasteiger partial charge in [0.05, 0.1) is 18.4 Å². The van der Waals surface area contributed by atoms with Gasteiger partial charge in [-0.15, -0.1) is 0 Å². The molecule has 1 heterocycles. The number of carbonyl (C=O) groups is 1. The van der Waals surface area contributed by atoms with Crippen LogP contribution in [-0.4, -0.2) is 63.0 Å². The van der Waals surface area contributed by atoms with Crippen LogP contribution < -0.4 is 4.72 Å². The molecule has 4 rings (SSSR count). The lowest BCUT2D eigenvalue weighted by Crippen LogP contribution is -2.60. The van der Waals surface area contributed by atoms with Gasteiger partial charge in [-0.25, -0.2) is 17.5 Å². The molecule has 2 atom stereocenters. The van der Waals surface area contributed by atoms with Crippen LogP contribution in [0, 0.1) is 5.92 Å². The van der Waals surface area contributed by atoms with Crippen LogP contribution in [0.25, 0.3) is 0 Å². The minimum Gasteiger partial charge on any atom is -0.374 e. The molecule has 0 radical (unpaired) electrons.